The summed E-state index contributed by atoms with van der Waals surface area (Å²) in [6.45, 7) is 6.16. The smallest absolute Gasteiger partial charge is 0.309 e. The molecule has 0 aromatic heterocycles. The van der Waals surface area contributed by atoms with Crippen molar-refractivity contribution in [1.82, 2.24) is 0 Å². The number of hydrogen-bond donors (Lipinski definition) is 0. The molecule has 0 spiro atoms. The molecule has 0 N–H and O–H groups in total. The molecule has 0 amide bonds. The van der Waals surface area contributed by atoms with E-state index in [1.165, 1.54) is 0 Å². The fourth-order valence-electron chi connectivity index (χ4n) is 2.34. The van der Waals surface area contributed by atoms with Crippen molar-refractivity contribution in [3.05, 3.63) is 48.2 Å². The Kier molecular flexibility index (Phi) is 4.61. The van der Waals surface area contributed by atoms with Crippen molar-refractivity contribution < 1.29 is 14.3 Å². The molecule has 0 bridgehead atoms. The summed E-state index contributed by atoms with van der Waals surface area (Å²) < 4.78 is 10.9. The molecular formula is C16H20O3. The van der Waals surface area contributed by atoms with Gasteiger partial charge < -0.3 is 9.47 Å². The van der Waals surface area contributed by atoms with Crippen molar-refractivity contribution in [3.8, 4) is 0 Å². The highest BCUT2D eigenvalue weighted by atomic mass is 16.5. The second-order valence-electron chi connectivity index (χ2n) is 5.01. The van der Waals surface area contributed by atoms with E-state index in [1.54, 1.807) is 0 Å². The molecule has 2 unspecified atom stereocenters. The van der Waals surface area contributed by atoms with Gasteiger partial charge in [0.05, 0.1) is 24.4 Å². The van der Waals surface area contributed by atoms with Gasteiger partial charge >= 0.3 is 5.97 Å². The topological polar surface area (TPSA) is 35.5 Å². The fourth-order valence-corrected chi connectivity index (χ4v) is 2.34. The van der Waals surface area contributed by atoms with Crippen LogP contribution in [0.4, 0.5) is 0 Å². The van der Waals surface area contributed by atoms with Crippen LogP contribution in [0.3, 0.4) is 0 Å². The first kappa shape index (κ1) is 13.7. The van der Waals surface area contributed by atoms with Crippen molar-refractivity contribution in [2.75, 3.05) is 6.61 Å². The zero-order chi connectivity index (χ0) is 13.7. The van der Waals surface area contributed by atoms with Gasteiger partial charge in [0.2, 0.25) is 0 Å². The van der Waals surface area contributed by atoms with Gasteiger partial charge in [0, 0.05) is 6.42 Å². The van der Waals surface area contributed by atoms with Crippen molar-refractivity contribution in [2.24, 2.45) is 5.92 Å². The lowest BCUT2D eigenvalue weighted by atomic mass is 9.94. The predicted molar refractivity (Wildman–Crippen MR) is 73.5 cm³/mol. The molecule has 3 heteroatoms. The third kappa shape index (κ3) is 4.12. The van der Waals surface area contributed by atoms with Crippen molar-refractivity contribution in [2.45, 2.75) is 32.3 Å². The van der Waals surface area contributed by atoms with Crippen molar-refractivity contribution in [3.63, 3.8) is 0 Å². The molecule has 2 atom stereocenters. The van der Waals surface area contributed by atoms with E-state index >= 15 is 0 Å². The SMILES string of the molecule is C=C1CCOC(=O)C(Cc2ccccc2)CC(C)O1. The first-order valence-electron chi connectivity index (χ1n) is 6.70. The van der Waals surface area contributed by atoms with Gasteiger partial charge in [-0.2, -0.15) is 0 Å². The average molecular weight is 260 g/mol. The molecule has 2 rings (SSSR count). The molecule has 1 heterocycles. The Bertz CT molecular complexity index is 439. The lowest BCUT2D eigenvalue weighted by Gasteiger charge is -2.19. The van der Waals surface area contributed by atoms with Gasteiger partial charge in [-0.1, -0.05) is 36.9 Å². The third-order valence-corrected chi connectivity index (χ3v) is 3.27. The molecular weight excluding hydrogens is 240 g/mol. The van der Waals surface area contributed by atoms with Crippen LogP contribution in [-0.4, -0.2) is 18.7 Å². The van der Waals surface area contributed by atoms with E-state index < -0.39 is 0 Å². The van der Waals surface area contributed by atoms with E-state index in [2.05, 4.69) is 6.58 Å². The Labute approximate surface area is 114 Å². The van der Waals surface area contributed by atoms with Crippen LogP contribution in [0.2, 0.25) is 0 Å². The monoisotopic (exact) mass is 260 g/mol. The maximum absolute atomic E-state index is 12.1. The Morgan fingerprint density at radius 2 is 2.05 bits per heavy atom. The number of hydrogen-bond acceptors (Lipinski definition) is 3. The van der Waals surface area contributed by atoms with Crippen LogP contribution in [-0.2, 0) is 20.7 Å². The summed E-state index contributed by atoms with van der Waals surface area (Å²) in [5.41, 5.74) is 1.15. The summed E-state index contributed by atoms with van der Waals surface area (Å²) in [5.74, 6) is 0.415. The highest BCUT2D eigenvalue weighted by molar-refractivity contribution is 5.73. The summed E-state index contributed by atoms with van der Waals surface area (Å²) in [7, 11) is 0. The molecule has 1 aliphatic heterocycles. The van der Waals surface area contributed by atoms with Gasteiger partial charge in [-0.25, -0.2) is 0 Å². The normalized spacial score (nSPS) is 24.7. The van der Waals surface area contributed by atoms with Gasteiger partial charge in [-0.3, -0.25) is 4.79 Å². The molecule has 19 heavy (non-hydrogen) atoms. The summed E-state index contributed by atoms with van der Waals surface area (Å²) >= 11 is 0. The second kappa shape index (κ2) is 6.41. The van der Waals surface area contributed by atoms with Gasteiger partial charge in [-0.05, 0) is 25.3 Å². The first-order valence-corrected chi connectivity index (χ1v) is 6.70. The molecule has 0 aliphatic carbocycles. The quantitative estimate of drug-likeness (QED) is 0.766. The minimum absolute atomic E-state index is 0.00753. The standard InChI is InChI=1S/C16H20O3/c1-12-8-9-18-16(17)15(10-13(2)19-12)11-14-6-4-3-5-7-14/h3-7,13,15H,1,8-11H2,2H3. The van der Waals surface area contributed by atoms with Crippen LogP contribution >= 0.6 is 0 Å². The molecule has 1 aromatic rings. The van der Waals surface area contributed by atoms with E-state index in [4.69, 9.17) is 9.47 Å². The van der Waals surface area contributed by atoms with Crippen molar-refractivity contribution >= 4 is 5.97 Å². The van der Waals surface area contributed by atoms with Crippen LogP contribution in [0, 0.1) is 5.92 Å². The lowest BCUT2D eigenvalue weighted by molar-refractivity contribution is -0.148. The van der Waals surface area contributed by atoms with E-state index in [0.717, 1.165) is 5.56 Å². The minimum Gasteiger partial charge on any atom is -0.496 e. The minimum atomic E-state index is -0.150. The highest BCUT2D eigenvalue weighted by Gasteiger charge is 2.25. The second-order valence-corrected chi connectivity index (χ2v) is 5.01. The van der Waals surface area contributed by atoms with Crippen molar-refractivity contribution in [1.29, 1.82) is 0 Å². The molecule has 1 saturated heterocycles. The summed E-state index contributed by atoms with van der Waals surface area (Å²) in [6.07, 6.45) is 1.92. The Morgan fingerprint density at radius 3 is 2.79 bits per heavy atom. The van der Waals surface area contributed by atoms with Crippen LogP contribution in [0.25, 0.3) is 0 Å². The maximum Gasteiger partial charge on any atom is 0.309 e. The highest BCUT2D eigenvalue weighted by Crippen LogP contribution is 2.21. The Morgan fingerprint density at radius 1 is 1.32 bits per heavy atom. The molecule has 0 saturated carbocycles. The molecule has 1 aliphatic rings. The van der Waals surface area contributed by atoms with E-state index in [9.17, 15) is 4.79 Å². The molecule has 3 nitrogen and oxygen atoms in total. The Balaban J connectivity index is 2.07. The average Bonchev–Trinajstić information content (AvgIpc) is 2.43. The van der Waals surface area contributed by atoms with Gasteiger partial charge in [0.25, 0.3) is 0 Å². The van der Waals surface area contributed by atoms with Crippen LogP contribution in [0.1, 0.15) is 25.3 Å². The number of ether oxygens (including phenoxy) is 2. The summed E-state index contributed by atoms with van der Waals surface area (Å²) in [4.78, 5) is 12.1. The number of carbonyl (C=O) groups excluding carboxylic acids is 1. The summed E-state index contributed by atoms with van der Waals surface area (Å²) in [5, 5.41) is 0. The van der Waals surface area contributed by atoms with E-state index in [-0.39, 0.29) is 18.0 Å². The number of cyclic esters (lactones) is 1. The zero-order valence-electron chi connectivity index (χ0n) is 11.3. The number of carbonyl (C=O) groups is 1. The predicted octanol–water partition coefficient (Wildman–Crippen LogP) is 3.10. The number of benzene rings is 1. The van der Waals surface area contributed by atoms with Crippen LogP contribution < -0.4 is 0 Å². The van der Waals surface area contributed by atoms with Crippen LogP contribution in [0.15, 0.2) is 42.7 Å². The summed E-state index contributed by atoms with van der Waals surface area (Å²) in [6, 6.07) is 10.0. The third-order valence-electron chi connectivity index (χ3n) is 3.27. The Hall–Kier alpha value is -1.77. The van der Waals surface area contributed by atoms with Gasteiger partial charge in [0.15, 0.2) is 0 Å². The van der Waals surface area contributed by atoms with E-state index in [0.29, 0.717) is 31.6 Å². The molecule has 0 radical (unpaired) electrons. The number of rotatable bonds is 2. The molecule has 1 aromatic carbocycles. The lowest BCUT2D eigenvalue weighted by Crippen LogP contribution is -2.23. The van der Waals surface area contributed by atoms with Gasteiger partial charge in [0.1, 0.15) is 0 Å². The first-order chi connectivity index (χ1) is 9.15. The zero-order valence-corrected chi connectivity index (χ0v) is 11.3. The maximum atomic E-state index is 12.1. The molecule has 1 fully saturated rings. The van der Waals surface area contributed by atoms with E-state index in [1.807, 2.05) is 37.3 Å². The van der Waals surface area contributed by atoms with Gasteiger partial charge in [-0.15, -0.1) is 0 Å². The largest absolute Gasteiger partial charge is 0.496 e. The molecule has 102 valence electrons. The fraction of sp³-hybridized carbons (Fsp3) is 0.438. The number of esters is 1. The van der Waals surface area contributed by atoms with Crippen LogP contribution in [0.5, 0.6) is 0 Å².